The van der Waals surface area contributed by atoms with Crippen molar-refractivity contribution in [1.82, 2.24) is 5.32 Å². The van der Waals surface area contributed by atoms with Gasteiger partial charge in [-0.05, 0) is 29.7 Å². The van der Waals surface area contributed by atoms with E-state index in [-0.39, 0.29) is 0 Å². The molecule has 0 heterocycles. The molecule has 0 aliphatic rings. The summed E-state index contributed by atoms with van der Waals surface area (Å²) < 4.78 is 0. The molecule has 0 bridgehead atoms. The lowest BCUT2D eigenvalue weighted by atomic mass is 9.91. The Bertz CT molecular complexity index is 522. The summed E-state index contributed by atoms with van der Waals surface area (Å²) in [4.78, 5) is 0. The number of hydrogen-bond donors (Lipinski definition) is 1. The third-order valence-electron chi connectivity index (χ3n) is 3.42. The van der Waals surface area contributed by atoms with Crippen LogP contribution in [0.15, 0.2) is 54.6 Å². The van der Waals surface area contributed by atoms with Gasteiger partial charge in [0.15, 0.2) is 0 Å². The lowest BCUT2D eigenvalue weighted by Crippen LogP contribution is -2.28. The summed E-state index contributed by atoms with van der Waals surface area (Å²) in [6.45, 7) is 5.32. The molecule has 2 rings (SSSR count). The highest BCUT2D eigenvalue weighted by Crippen LogP contribution is 2.23. The molecule has 0 aliphatic carbocycles. The van der Waals surface area contributed by atoms with Gasteiger partial charge in [0.1, 0.15) is 0 Å². The largest absolute Gasteiger partial charge is 0.314 e. The third-order valence-corrected chi connectivity index (χ3v) is 3.65. The van der Waals surface area contributed by atoms with Gasteiger partial charge in [0.2, 0.25) is 0 Å². The summed E-state index contributed by atoms with van der Waals surface area (Å²) >= 11 is 6.13. The van der Waals surface area contributed by atoms with Gasteiger partial charge in [0, 0.05) is 23.5 Å². The Kier molecular flexibility index (Phi) is 5.63. The lowest BCUT2D eigenvalue weighted by molar-refractivity contribution is 0.527. The number of benzene rings is 2. The van der Waals surface area contributed by atoms with Crippen molar-refractivity contribution in [2.24, 2.45) is 0 Å². The summed E-state index contributed by atoms with van der Waals surface area (Å²) in [5, 5.41) is 4.35. The number of halogens is 1. The summed E-state index contributed by atoms with van der Waals surface area (Å²) in [5.74, 6) is 0.443. The molecule has 0 saturated carbocycles. The van der Waals surface area contributed by atoms with Crippen molar-refractivity contribution in [3.05, 3.63) is 70.7 Å². The third kappa shape index (κ3) is 4.66. The lowest BCUT2D eigenvalue weighted by Gasteiger charge is -2.20. The first kappa shape index (κ1) is 15.1. The molecule has 0 aromatic heterocycles. The van der Waals surface area contributed by atoms with Gasteiger partial charge in [0.05, 0.1) is 0 Å². The Morgan fingerprint density at radius 1 is 1.00 bits per heavy atom. The van der Waals surface area contributed by atoms with Crippen LogP contribution >= 0.6 is 11.6 Å². The van der Waals surface area contributed by atoms with E-state index in [4.69, 9.17) is 11.6 Å². The van der Waals surface area contributed by atoms with Crippen LogP contribution in [0.4, 0.5) is 0 Å². The number of rotatable bonds is 6. The smallest absolute Gasteiger partial charge is 0.0408 e. The van der Waals surface area contributed by atoms with Crippen LogP contribution in [0, 0.1) is 0 Å². The molecule has 0 saturated heterocycles. The van der Waals surface area contributed by atoms with E-state index in [2.05, 4.69) is 61.6 Å². The minimum absolute atomic E-state index is 0.443. The average Bonchev–Trinajstić information content (AvgIpc) is 2.44. The summed E-state index contributed by atoms with van der Waals surface area (Å²) in [7, 11) is 0. The van der Waals surface area contributed by atoms with E-state index in [1.54, 1.807) is 0 Å². The molecule has 1 nitrogen and oxygen atoms in total. The standard InChI is InChI=1S/C18H22ClN/c1-14(2)20-13-17(11-15-7-4-3-5-8-15)16-9-6-10-18(19)12-16/h3-10,12,14,17,20H,11,13H2,1-2H3. The Labute approximate surface area is 127 Å². The normalized spacial score (nSPS) is 12.6. The minimum Gasteiger partial charge on any atom is -0.314 e. The van der Waals surface area contributed by atoms with E-state index in [1.807, 2.05) is 12.1 Å². The molecule has 1 atom stereocenters. The highest BCUT2D eigenvalue weighted by molar-refractivity contribution is 6.30. The molecule has 106 valence electrons. The zero-order valence-corrected chi connectivity index (χ0v) is 12.9. The molecular weight excluding hydrogens is 266 g/mol. The van der Waals surface area contributed by atoms with Crippen LogP contribution in [0.5, 0.6) is 0 Å². The highest BCUT2D eigenvalue weighted by atomic mass is 35.5. The second-order valence-electron chi connectivity index (χ2n) is 5.50. The number of nitrogens with one attached hydrogen (secondary N) is 1. The fraction of sp³-hybridized carbons (Fsp3) is 0.333. The molecular formula is C18H22ClN. The molecule has 0 spiro atoms. The van der Waals surface area contributed by atoms with E-state index in [1.165, 1.54) is 11.1 Å². The van der Waals surface area contributed by atoms with Gasteiger partial charge in [-0.15, -0.1) is 0 Å². The van der Waals surface area contributed by atoms with Gasteiger partial charge in [-0.25, -0.2) is 0 Å². The van der Waals surface area contributed by atoms with Crippen LogP contribution in [0.25, 0.3) is 0 Å². The maximum Gasteiger partial charge on any atom is 0.0408 e. The first-order valence-electron chi connectivity index (χ1n) is 7.18. The van der Waals surface area contributed by atoms with Crippen LogP contribution < -0.4 is 5.32 Å². The van der Waals surface area contributed by atoms with Crippen molar-refractivity contribution >= 4 is 11.6 Å². The maximum atomic E-state index is 6.13. The van der Waals surface area contributed by atoms with Gasteiger partial charge in [-0.1, -0.05) is 67.9 Å². The maximum absolute atomic E-state index is 6.13. The molecule has 0 radical (unpaired) electrons. The van der Waals surface area contributed by atoms with Crippen LogP contribution in [0.1, 0.15) is 30.9 Å². The summed E-state index contributed by atoms with van der Waals surface area (Å²) in [6.07, 6.45) is 1.03. The van der Waals surface area contributed by atoms with Gasteiger partial charge in [-0.3, -0.25) is 0 Å². The molecule has 1 N–H and O–H groups in total. The highest BCUT2D eigenvalue weighted by Gasteiger charge is 2.13. The van der Waals surface area contributed by atoms with Crippen molar-refractivity contribution in [2.45, 2.75) is 32.2 Å². The van der Waals surface area contributed by atoms with Gasteiger partial charge in [-0.2, -0.15) is 0 Å². The quantitative estimate of drug-likeness (QED) is 0.814. The second kappa shape index (κ2) is 7.47. The second-order valence-corrected chi connectivity index (χ2v) is 5.94. The van der Waals surface area contributed by atoms with E-state index in [9.17, 15) is 0 Å². The van der Waals surface area contributed by atoms with Crippen LogP contribution in [-0.4, -0.2) is 12.6 Å². The van der Waals surface area contributed by atoms with Gasteiger partial charge in [0.25, 0.3) is 0 Å². The monoisotopic (exact) mass is 287 g/mol. The molecule has 2 heteroatoms. The van der Waals surface area contributed by atoms with E-state index < -0.39 is 0 Å². The number of hydrogen-bond acceptors (Lipinski definition) is 1. The Balaban J connectivity index is 2.16. The average molecular weight is 288 g/mol. The Morgan fingerprint density at radius 3 is 2.40 bits per heavy atom. The topological polar surface area (TPSA) is 12.0 Å². The van der Waals surface area contributed by atoms with Crippen molar-refractivity contribution in [3.8, 4) is 0 Å². The molecule has 2 aromatic rings. The predicted molar refractivity (Wildman–Crippen MR) is 87.5 cm³/mol. The van der Waals surface area contributed by atoms with E-state index >= 15 is 0 Å². The Hall–Kier alpha value is -1.31. The fourth-order valence-corrected chi connectivity index (χ4v) is 2.54. The van der Waals surface area contributed by atoms with Crippen LogP contribution in [0.2, 0.25) is 5.02 Å². The first-order chi connectivity index (χ1) is 9.65. The molecule has 0 fully saturated rings. The zero-order chi connectivity index (χ0) is 14.4. The zero-order valence-electron chi connectivity index (χ0n) is 12.1. The van der Waals surface area contributed by atoms with Crippen molar-refractivity contribution in [2.75, 3.05) is 6.54 Å². The molecule has 0 aliphatic heterocycles. The fourth-order valence-electron chi connectivity index (χ4n) is 2.34. The van der Waals surface area contributed by atoms with Gasteiger partial charge < -0.3 is 5.32 Å². The van der Waals surface area contributed by atoms with Crippen LogP contribution in [-0.2, 0) is 6.42 Å². The van der Waals surface area contributed by atoms with E-state index in [0.29, 0.717) is 12.0 Å². The molecule has 1 unspecified atom stereocenters. The molecule has 2 aromatic carbocycles. The SMILES string of the molecule is CC(C)NCC(Cc1ccccc1)c1cccc(Cl)c1. The van der Waals surface area contributed by atoms with Crippen molar-refractivity contribution in [1.29, 1.82) is 0 Å². The first-order valence-corrected chi connectivity index (χ1v) is 7.55. The molecule has 20 heavy (non-hydrogen) atoms. The minimum atomic E-state index is 0.443. The van der Waals surface area contributed by atoms with Gasteiger partial charge >= 0.3 is 0 Å². The summed E-state index contributed by atoms with van der Waals surface area (Å²) in [6, 6.07) is 19.3. The predicted octanol–water partition coefficient (Wildman–Crippen LogP) is 4.66. The van der Waals surface area contributed by atoms with Crippen LogP contribution in [0.3, 0.4) is 0 Å². The van der Waals surface area contributed by atoms with Crippen molar-refractivity contribution in [3.63, 3.8) is 0 Å². The summed E-state index contributed by atoms with van der Waals surface area (Å²) in [5.41, 5.74) is 2.66. The van der Waals surface area contributed by atoms with E-state index in [0.717, 1.165) is 18.0 Å². The molecule has 0 amide bonds. The van der Waals surface area contributed by atoms with Crippen molar-refractivity contribution < 1.29 is 0 Å². The Morgan fingerprint density at radius 2 is 1.75 bits per heavy atom.